The van der Waals surface area contributed by atoms with Gasteiger partial charge in [0.1, 0.15) is 12.4 Å². The summed E-state index contributed by atoms with van der Waals surface area (Å²) in [5.74, 6) is 0.872. The lowest BCUT2D eigenvalue weighted by molar-refractivity contribution is 0.301. The fraction of sp³-hybridized carbons (Fsp3) is 0.235. The van der Waals surface area contributed by atoms with Crippen molar-refractivity contribution < 1.29 is 4.74 Å². The summed E-state index contributed by atoms with van der Waals surface area (Å²) < 4.78 is 6.98. The number of rotatable bonds is 5. The van der Waals surface area contributed by atoms with Gasteiger partial charge in [0.2, 0.25) is 0 Å². The molecule has 108 valence electrons. The average molecular weight is 345 g/mol. The summed E-state index contributed by atoms with van der Waals surface area (Å²) >= 11 is 3.48. The minimum absolute atomic E-state index is 0.496. The standard InChI is InChI=1S/C17H17BrN2O/c1-12-7-13(9-19)3-4-14(12)11-21-17-6-5-16(18)8-15(17)10-20-2/h3-8,20H,10-11H2,1-2H3. The molecular formula is C17H17BrN2O. The van der Waals surface area contributed by atoms with Crippen LogP contribution in [-0.4, -0.2) is 7.05 Å². The average Bonchev–Trinajstić information content (AvgIpc) is 2.48. The first-order valence-corrected chi connectivity index (χ1v) is 7.49. The van der Waals surface area contributed by atoms with Crippen LogP contribution in [0.3, 0.4) is 0 Å². The van der Waals surface area contributed by atoms with E-state index in [1.807, 2.05) is 44.3 Å². The van der Waals surface area contributed by atoms with Gasteiger partial charge in [-0.1, -0.05) is 22.0 Å². The first-order valence-electron chi connectivity index (χ1n) is 6.69. The number of halogens is 1. The highest BCUT2D eigenvalue weighted by molar-refractivity contribution is 9.10. The largest absolute Gasteiger partial charge is 0.489 e. The molecule has 0 unspecified atom stereocenters. The molecule has 4 heteroatoms. The maximum atomic E-state index is 8.89. The third kappa shape index (κ3) is 4.07. The molecular weight excluding hydrogens is 328 g/mol. The lowest BCUT2D eigenvalue weighted by atomic mass is 10.1. The third-order valence-corrected chi connectivity index (χ3v) is 3.74. The molecule has 0 fully saturated rings. The van der Waals surface area contributed by atoms with Crippen LogP contribution in [0, 0.1) is 18.3 Å². The van der Waals surface area contributed by atoms with Gasteiger partial charge in [0, 0.05) is 16.6 Å². The molecule has 0 aromatic heterocycles. The van der Waals surface area contributed by atoms with Gasteiger partial charge in [-0.05, 0) is 55.4 Å². The van der Waals surface area contributed by atoms with Gasteiger partial charge in [-0.25, -0.2) is 0 Å². The number of nitrogens with zero attached hydrogens (tertiary/aromatic N) is 1. The zero-order valence-electron chi connectivity index (χ0n) is 12.1. The van der Waals surface area contributed by atoms with Gasteiger partial charge in [0.25, 0.3) is 0 Å². The Hall–Kier alpha value is -1.83. The highest BCUT2D eigenvalue weighted by Gasteiger charge is 2.06. The smallest absolute Gasteiger partial charge is 0.124 e. The van der Waals surface area contributed by atoms with E-state index >= 15 is 0 Å². The van der Waals surface area contributed by atoms with E-state index in [0.29, 0.717) is 12.2 Å². The van der Waals surface area contributed by atoms with E-state index in [1.165, 1.54) is 0 Å². The topological polar surface area (TPSA) is 45.0 Å². The first kappa shape index (κ1) is 15.6. The molecule has 0 bridgehead atoms. The highest BCUT2D eigenvalue weighted by Crippen LogP contribution is 2.24. The van der Waals surface area contributed by atoms with Crippen molar-refractivity contribution in [3.8, 4) is 11.8 Å². The van der Waals surface area contributed by atoms with E-state index in [4.69, 9.17) is 10.00 Å². The molecule has 0 spiro atoms. The Balaban J connectivity index is 2.15. The molecule has 2 rings (SSSR count). The monoisotopic (exact) mass is 344 g/mol. The zero-order valence-corrected chi connectivity index (χ0v) is 13.7. The molecule has 1 N–H and O–H groups in total. The molecule has 3 nitrogen and oxygen atoms in total. The van der Waals surface area contributed by atoms with Crippen LogP contribution in [0.5, 0.6) is 5.75 Å². The number of hydrogen-bond donors (Lipinski definition) is 1. The van der Waals surface area contributed by atoms with Crippen LogP contribution >= 0.6 is 15.9 Å². The molecule has 0 aliphatic rings. The second-order valence-electron chi connectivity index (χ2n) is 4.82. The number of benzene rings is 2. The summed E-state index contributed by atoms with van der Waals surface area (Å²) in [6.07, 6.45) is 0. The molecule has 0 radical (unpaired) electrons. The summed E-state index contributed by atoms with van der Waals surface area (Å²) in [6.45, 7) is 3.24. The van der Waals surface area contributed by atoms with E-state index in [1.54, 1.807) is 0 Å². The first-order chi connectivity index (χ1) is 10.1. The number of nitriles is 1. The van der Waals surface area contributed by atoms with Crippen molar-refractivity contribution >= 4 is 15.9 Å². The van der Waals surface area contributed by atoms with Crippen LogP contribution < -0.4 is 10.1 Å². The fourth-order valence-corrected chi connectivity index (χ4v) is 2.51. The molecule has 0 heterocycles. The van der Waals surface area contributed by atoms with E-state index in [0.717, 1.165) is 33.5 Å². The van der Waals surface area contributed by atoms with Gasteiger partial charge in [-0.15, -0.1) is 0 Å². The van der Waals surface area contributed by atoms with Crippen molar-refractivity contribution in [2.75, 3.05) is 7.05 Å². The number of nitrogens with one attached hydrogen (secondary N) is 1. The van der Waals surface area contributed by atoms with E-state index in [9.17, 15) is 0 Å². The molecule has 0 amide bonds. The number of aryl methyl sites for hydroxylation is 1. The van der Waals surface area contributed by atoms with Gasteiger partial charge in [-0.2, -0.15) is 5.26 Å². The van der Waals surface area contributed by atoms with E-state index in [-0.39, 0.29) is 0 Å². The highest BCUT2D eigenvalue weighted by atomic mass is 79.9. The van der Waals surface area contributed by atoms with Crippen LogP contribution in [0.2, 0.25) is 0 Å². The SMILES string of the molecule is CNCc1cc(Br)ccc1OCc1ccc(C#N)cc1C. The van der Waals surface area contributed by atoms with Gasteiger partial charge < -0.3 is 10.1 Å². The van der Waals surface area contributed by atoms with Crippen LogP contribution in [0.4, 0.5) is 0 Å². The van der Waals surface area contributed by atoms with Gasteiger partial charge in [-0.3, -0.25) is 0 Å². The lowest BCUT2D eigenvalue weighted by Crippen LogP contribution is -2.08. The van der Waals surface area contributed by atoms with Gasteiger partial charge in [0.05, 0.1) is 11.6 Å². The zero-order chi connectivity index (χ0) is 15.2. The third-order valence-electron chi connectivity index (χ3n) is 3.24. The minimum atomic E-state index is 0.496. The maximum Gasteiger partial charge on any atom is 0.124 e. The Kier molecular flexibility index (Phi) is 5.38. The Labute approximate surface area is 133 Å². The van der Waals surface area contributed by atoms with Crippen molar-refractivity contribution in [1.82, 2.24) is 5.32 Å². The Morgan fingerprint density at radius 2 is 2.00 bits per heavy atom. The van der Waals surface area contributed by atoms with Gasteiger partial charge in [0.15, 0.2) is 0 Å². The number of hydrogen-bond acceptors (Lipinski definition) is 3. The second-order valence-corrected chi connectivity index (χ2v) is 5.74. The molecule has 2 aromatic rings. The van der Waals surface area contributed by atoms with Crippen molar-refractivity contribution in [3.63, 3.8) is 0 Å². The molecule has 0 aliphatic heterocycles. The van der Waals surface area contributed by atoms with Crippen molar-refractivity contribution in [3.05, 3.63) is 63.1 Å². The quantitative estimate of drug-likeness (QED) is 0.893. The molecule has 0 saturated carbocycles. The summed E-state index contributed by atoms with van der Waals surface area (Å²) in [6, 6.07) is 13.8. The molecule has 0 atom stereocenters. The Bertz CT molecular complexity index is 677. The van der Waals surface area contributed by atoms with Gasteiger partial charge >= 0.3 is 0 Å². The summed E-state index contributed by atoms with van der Waals surface area (Å²) in [5.41, 5.74) is 3.95. The summed E-state index contributed by atoms with van der Waals surface area (Å²) in [5, 5.41) is 12.0. The summed E-state index contributed by atoms with van der Waals surface area (Å²) in [7, 11) is 1.91. The van der Waals surface area contributed by atoms with E-state index in [2.05, 4.69) is 33.4 Å². The molecule has 0 saturated heterocycles. The predicted octanol–water partition coefficient (Wildman–Crippen LogP) is 3.93. The Morgan fingerprint density at radius 3 is 2.67 bits per heavy atom. The Morgan fingerprint density at radius 1 is 1.19 bits per heavy atom. The lowest BCUT2D eigenvalue weighted by Gasteiger charge is -2.13. The van der Waals surface area contributed by atoms with Crippen LogP contribution in [0.1, 0.15) is 22.3 Å². The molecule has 0 aliphatic carbocycles. The second kappa shape index (κ2) is 7.26. The molecule has 2 aromatic carbocycles. The summed E-state index contributed by atoms with van der Waals surface area (Å²) in [4.78, 5) is 0. The van der Waals surface area contributed by atoms with E-state index < -0.39 is 0 Å². The maximum absolute atomic E-state index is 8.89. The van der Waals surface area contributed by atoms with Crippen molar-refractivity contribution in [1.29, 1.82) is 5.26 Å². The number of ether oxygens (including phenoxy) is 1. The minimum Gasteiger partial charge on any atom is -0.489 e. The normalized spacial score (nSPS) is 10.2. The fourth-order valence-electron chi connectivity index (χ4n) is 2.10. The molecule has 21 heavy (non-hydrogen) atoms. The predicted molar refractivity (Wildman–Crippen MR) is 87.1 cm³/mol. The van der Waals surface area contributed by atoms with Crippen molar-refractivity contribution in [2.24, 2.45) is 0 Å². The van der Waals surface area contributed by atoms with Crippen LogP contribution in [0.25, 0.3) is 0 Å². The van der Waals surface area contributed by atoms with Crippen LogP contribution in [0.15, 0.2) is 40.9 Å². The van der Waals surface area contributed by atoms with Crippen molar-refractivity contribution in [2.45, 2.75) is 20.1 Å². The van der Waals surface area contributed by atoms with Crippen LogP contribution in [-0.2, 0) is 13.2 Å².